The molecule has 7 heteroatoms. The number of hydrogen-bond acceptors (Lipinski definition) is 4. The van der Waals surface area contributed by atoms with Crippen molar-refractivity contribution in [3.63, 3.8) is 0 Å². The van der Waals surface area contributed by atoms with Gasteiger partial charge in [0.05, 0.1) is 10.9 Å². The zero-order valence-corrected chi connectivity index (χ0v) is 13.6. The minimum Gasteiger partial charge on any atom is -0.463 e. The van der Waals surface area contributed by atoms with Crippen molar-refractivity contribution < 1.29 is 9.53 Å². The zero-order chi connectivity index (χ0) is 16.6. The first kappa shape index (κ1) is 15.1. The Morgan fingerprint density at radius 1 is 1.22 bits per heavy atom. The van der Waals surface area contributed by atoms with Gasteiger partial charge in [0.25, 0.3) is 5.91 Å². The number of ether oxygens (including phenoxy) is 1. The first-order chi connectivity index (χ1) is 11.0. The van der Waals surface area contributed by atoms with Gasteiger partial charge in [0.2, 0.25) is 5.88 Å². The van der Waals surface area contributed by atoms with Crippen LogP contribution in [0.15, 0.2) is 30.3 Å². The van der Waals surface area contributed by atoms with Crippen molar-refractivity contribution in [1.82, 2.24) is 19.6 Å². The minimum atomic E-state index is -0.685. The third kappa shape index (κ3) is 2.90. The lowest BCUT2D eigenvalue weighted by Gasteiger charge is -2.11. The van der Waals surface area contributed by atoms with Crippen LogP contribution in [0.1, 0.15) is 12.6 Å². The van der Waals surface area contributed by atoms with Crippen LogP contribution >= 0.6 is 0 Å². The van der Waals surface area contributed by atoms with E-state index < -0.39 is 6.10 Å². The third-order valence-electron chi connectivity index (χ3n) is 3.75. The van der Waals surface area contributed by atoms with Gasteiger partial charge in [-0.25, -0.2) is 0 Å². The van der Waals surface area contributed by atoms with Gasteiger partial charge < -0.3 is 10.1 Å². The van der Waals surface area contributed by atoms with Crippen LogP contribution in [-0.4, -0.2) is 31.6 Å². The lowest BCUT2D eigenvalue weighted by molar-refractivity contribution is -0.122. The van der Waals surface area contributed by atoms with Crippen molar-refractivity contribution in [3.8, 4) is 5.88 Å². The molecule has 0 saturated carbocycles. The largest absolute Gasteiger partial charge is 0.463 e. The fourth-order valence-corrected chi connectivity index (χ4v) is 2.34. The number of nitrogens with one attached hydrogen (secondary N) is 1. The van der Waals surface area contributed by atoms with E-state index in [0.29, 0.717) is 11.7 Å². The Bertz CT molecular complexity index is 845. The van der Waals surface area contributed by atoms with Gasteiger partial charge >= 0.3 is 0 Å². The highest BCUT2D eigenvalue weighted by atomic mass is 16.5. The van der Waals surface area contributed by atoms with E-state index in [2.05, 4.69) is 15.5 Å². The molecular weight excluding hydrogens is 294 g/mol. The van der Waals surface area contributed by atoms with Crippen molar-refractivity contribution in [1.29, 1.82) is 0 Å². The number of anilines is 1. The molecule has 0 aliphatic carbocycles. The van der Waals surface area contributed by atoms with Crippen LogP contribution in [0.25, 0.3) is 10.9 Å². The molecule has 1 amide bonds. The SMILES string of the molecule is Cc1cc(NC(=O)C(C)Oc2nn(C)c3ccccc23)nn1C. The number of nitrogens with zero attached hydrogens (tertiary/aromatic N) is 4. The summed E-state index contributed by atoms with van der Waals surface area (Å²) in [6.45, 7) is 3.61. The predicted molar refractivity (Wildman–Crippen MR) is 87.4 cm³/mol. The summed E-state index contributed by atoms with van der Waals surface area (Å²) in [5, 5.41) is 12.2. The van der Waals surface area contributed by atoms with Crippen molar-refractivity contribution in [2.24, 2.45) is 14.1 Å². The lowest BCUT2D eigenvalue weighted by atomic mass is 10.2. The van der Waals surface area contributed by atoms with E-state index in [4.69, 9.17) is 4.74 Å². The molecule has 0 radical (unpaired) electrons. The molecule has 0 fully saturated rings. The summed E-state index contributed by atoms with van der Waals surface area (Å²) < 4.78 is 9.18. The van der Waals surface area contributed by atoms with E-state index >= 15 is 0 Å². The molecule has 1 unspecified atom stereocenters. The Morgan fingerprint density at radius 2 is 1.96 bits per heavy atom. The molecule has 1 atom stereocenters. The zero-order valence-electron chi connectivity index (χ0n) is 13.6. The fraction of sp³-hybridized carbons (Fsp3) is 0.312. The van der Waals surface area contributed by atoms with Gasteiger partial charge in [-0.05, 0) is 26.0 Å². The first-order valence-electron chi connectivity index (χ1n) is 7.35. The van der Waals surface area contributed by atoms with Crippen LogP contribution < -0.4 is 10.1 Å². The van der Waals surface area contributed by atoms with Crippen LogP contribution in [0.5, 0.6) is 5.88 Å². The molecule has 0 aliphatic heterocycles. The Hall–Kier alpha value is -2.83. The number of aromatic nitrogens is 4. The van der Waals surface area contributed by atoms with E-state index in [-0.39, 0.29) is 5.91 Å². The summed E-state index contributed by atoms with van der Waals surface area (Å²) in [6, 6.07) is 9.54. The number of carbonyl (C=O) groups excluding carboxylic acids is 1. The number of para-hydroxylation sites is 1. The first-order valence-corrected chi connectivity index (χ1v) is 7.35. The fourth-order valence-electron chi connectivity index (χ4n) is 2.34. The maximum atomic E-state index is 12.3. The second kappa shape index (κ2) is 5.75. The lowest BCUT2D eigenvalue weighted by Crippen LogP contribution is -2.30. The number of amides is 1. The second-order valence-electron chi connectivity index (χ2n) is 5.49. The molecule has 3 aromatic rings. The number of benzene rings is 1. The molecule has 1 N–H and O–H groups in total. The molecule has 0 bridgehead atoms. The molecule has 0 spiro atoms. The normalized spacial score (nSPS) is 12.3. The van der Waals surface area contributed by atoms with E-state index in [1.807, 2.05) is 45.3 Å². The van der Waals surface area contributed by atoms with E-state index in [1.165, 1.54) is 0 Å². The van der Waals surface area contributed by atoms with Crippen molar-refractivity contribution >= 4 is 22.6 Å². The topological polar surface area (TPSA) is 74.0 Å². The Balaban J connectivity index is 1.75. The van der Waals surface area contributed by atoms with Gasteiger partial charge in [-0.1, -0.05) is 12.1 Å². The Labute approximate surface area is 133 Å². The summed E-state index contributed by atoms with van der Waals surface area (Å²) in [5.74, 6) is 0.692. The molecule has 0 aliphatic rings. The van der Waals surface area contributed by atoms with Crippen molar-refractivity contribution in [3.05, 3.63) is 36.0 Å². The number of fused-ring (bicyclic) bond motifs is 1. The second-order valence-corrected chi connectivity index (χ2v) is 5.49. The number of carbonyl (C=O) groups is 1. The monoisotopic (exact) mass is 313 g/mol. The van der Waals surface area contributed by atoms with Crippen LogP contribution in [-0.2, 0) is 18.9 Å². The maximum Gasteiger partial charge on any atom is 0.266 e. The van der Waals surface area contributed by atoms with E-state index in [9.17, 15) is 4.79 Å². The Morgan fingerprint density at radius 3 is 2.65 bits per heavy atom. The molecule has 120 valence electrons. The van der Waals surface area contributed by atoms with Gasteiger partial charge in [-0.15, -0.1) is 5.10 Å². The maximum absolute atomic E-state index is 12.3. The summed E-state index contributed by atoms with van der Waals surface area (Å²) in [5.41, 5.74) is 1.92. The van der Waals surface area contributed by atoms with Crippen molar-refractivity contribution in [2.45, 2.75) is 20.0 Å². The number of rotatable bonds is 4. The molecule has 23 heavy (non-hydrogen) atoms. The minimum absolute atomic E-state index is 0.266. The quantitative estimate of drug-likeness (QED) is 0.799. The van der Waals surface area contributed by atoms with Gasteiger partial charge in [0.15, 0.2) is 11.9 Å². The predicted octanol–water partition coefficient (Wildman–Crippen LogP) is 2.02. The number of hydrogen-bond donors (Lipinski definition) is 1. The van der Waals surface area contributed by atoms with Gasteiger partial charge in [0, 0.05) is 25.9 Å². The van der Waals surface area contributed by atoms with Gasteiger partial charge in [0.1, 0.15) is 0 Å². The number of aryl methyl sites for hydroxylation is 3. The highest BCUT2D eigenvalue weighted by molar-refractivity contribution is 5.93. The van der Waals surface area contributed by atoms with Crippen LogP contribution in [0, 0.1) is 6.92 Å². The van der Waals surface area contributed by atoms with Crippen LogP contribution in [0.3, 0.4) is 0 Å². The summed E-state index contributed by atoms with van der Waals surface area (Å²) in [6.07, 6.45) is -0.685. The average molecular weight is 313 g/mol. The van der Waals surface area contributed by atoms with Crippen LogP contribution in [0.2, 0.25) is 0 Å². The molecule has 1 aromatic carbocycles. The molecule has 7 nitrogen and oxygen atoms in total. The molecule has 2 heterocycles. The molecule has 0 saturated heterocycles. The highest BCUT2D eigenvalue weighted by Crippen LogP contribution is 2.24. The Kier molecular flexibility index (Phi) is 3.77. The van der Waals surface area contributed by atoms with Crippen LogP contribution in [0.4, 0.5) is 5.82 Å². The van der Waals surface area contributed by atoms with Gasteiger partial charge in [-0.3, -0.25) is 14.2 Å². The third-order valence-corrected chi connectivity index (χ3v) is 3.75. The molecule has 2 aromatic heterocycles. The molecule has 3 rings (SSSR count). The standard InChI is InChI=1S/C16H19N5O2/c1-10-9-14(18-20(10)3)17-15(22)11(2)23-16-12-7-5-6-8-13(12)21(4)19-16/h5-9,11H,1-4H3,(H,17,18,22). The highest BCUT2D eigenvalue weighted by Gasteiger charge is 2.19. The summed E-state index contributed by atoms with van der Waals surface area (Å²) in [4.78, 5) is 12.3. The average Bonchev–Trinajstić information content (AvgIpc) is 3.00. The summed E-state index contributed by atoms with van der Waals surface area (Å²) >= 11 is 0. The molecular formula is C16H19N5O2. The summed E-state index contributed by atoms with van der Waals surface area (Å²) in [7, 11) is 3.67. The van der Waals surface area contributed by atoms with E-state index in [1.54, 1.807) is 22.4 Å². The van der Waals surface area contributed by atoms with E-state index in [0.717, 1.165) is 16.6 Å². The van der Waals surface area contributed by atoms with Gasteiger partial charge in [-0.2, -0.15) is 5.10 Å². The van der Waals surface area contributed by atoms with Crippen molar-refractivity contribution in [2.75, 3.05) is 5.32 Å². The smallest absolute Gasteiger partial charge is 0.266 e.